The van der Waals surface area contributed by atoms with Gasteiger partial charge in [-0.05, 0) is 25.8 Å². The Balaban J connectivity index is 2.23. The number of hydrogen-bond acceptors (Lipinski definition) is 4. The van der Waals surface area contributed by atoms with Gasteiger partial charge in [-0.2, -0.15) is 5.10 Å². The molecule has 1 saturated heterocycles. The summed E-state index contributed by atoms with van der Waals surface area (Å²) in [6.45, 7) is 4.49. The van der Waals surface area contributed by atoms with Crippen LogP contribution in [0, 0.1) is 5.92 Å². The van der Waals surface area contributed by atoms with E-state index < -0.39 is 11.9 Å². The van der Waals surface area contributed by atoms with Crippen molar-refractivity contribution >= 4 is 11.9 Å². The van der Waals surface area contributed by atoms with Crippen LogP contribution in [0.2, 0.25) is 0 Å². The maximum absolute atomic E-state index is 12.4. The standard InChI is InChI=1S/C14H19N3O4/c1-3-7-17-12(18)5-4-11(15-17)13(19)16-8-6-10(9(16)2)14(20)21/h4-5,9-10H,3,6-8H2,1-2H3,(H,20,21). The zero-order valence-corrected chi connectivity index (χ0v) is 12.2. The summed E-state index contributed by atoms with van der Waals surface area (Å²) in [5.41, 5.74) is -0.0628. The summed E-state index contributed by atoms with van der Waals surface area (Å²) in [4.78, 5) is 36.7. The van der Waals surface area contributed by atoms with Gasteiger partial charge in [0.15, 0.2) is 0 Å². The Morgan fingerprint density at radius 2 is 2.14 bits per heavy atom. The molecule has 1 amide bonds. The quantitative estimate of drug-likeness (QED) is 0.877. The highest BCUT2D eigenvalue weighted by Crippen LogP contribution is 2.25. The van der Waals surface area contributed by atoms with Gasteiger partial charge in [0.2, 0.25) is 0 Å². The van der Waals surface area contributed by atoms with Gasteiger partial charge in [0.1, 0.15) is 5.69 Å². The van der Waals surface area contributed by atoms with Crippen LogP contribution in [0.3, 0.4) is 0 Å². The van der Waals surface area contributed by atoms with Crippen LogP contribution in [0.4, 0.5) is 0 Å². The van der Waals surface area contributed by atoms with Crippen LogP contribution in [0.1, 0.15) is 37.2 Å². The largest absolute Gasteiger partial charge is 0.481 e. The maximum Gasteiger partial charge on any atom is 0.308 e. The van der Waals surface area contributed by atoms with Crippen molar-refractivity contribution in [1.29, 1.82) is 0 Å². The zero-order chi connectivity index (χ0) is 15.6. The molecule has 2 unspecified atom stereocenters. The van der Waals surface area contributed by atoms with E-state index in [1.165, 1.54) is 21.7 Å². The van der Waals surface area contributed by atoms with Gasteiger partial charge in [-0.3, -0.25) is 14.4 Å². The number of carbonyl (C=O) groups is 2. The van der Waals surface area contributed by atoms with Gasteiger partial charge in [-0.25, -0.2) is 4.68 Å². The molecule has 2 atom stereocenters. The molecule has 1 N–H and O–H groups in total. The number of carboxylic acids is 1. The number of rotatable bonds is 4. The SMILES string of the molecule is CCCn1nc(C(=O)N2CCC(C(=O)O)C2C)ccc1=O. The van der Waals surface area contributed by atoms with Crippen molar-refractivity contribution in [1.82, 2.24) is 14.7 Å². The van der Waals surface area contributed by atoms with Crippen LogP contribution < -0.4 is 5.56 Å². The predicted octanol–water partition coefficient (Wildman–Crippen LogP) is 0.589. The summed E-state index contributed by atoms with van der Waals surface area (Å²) in [6, 6.07) is 2.35. The summed E-state index contributed by atoms with van der Waals surface area (Å²) in [7, 11) is 0. The Morgan fingerprint density at radius 1 is 1.43 bits per heavy atom. The molecule has 0 radical (unpaired) electrons. The summed E-state index contributed by atoms with van der Waals surface area (Å²) in [6.07, 6.45) is 1.18. The van der Waals surface area contributed by atoms with Crippen LogP contribution in [-0.2, 0) is 11.3 Å². The highest BCUT2D eigenvalue weighted by atomic mass is 16.4. The topological polar surface area (TPSA) is 92.5 Å². The molecule has 1 aromatic rings. The molecule has 0 spiro atoms. The lowest BCUT2D eigenvalue weighted by Crippen LogP contribution is -2.39. The molecule has 0 aromatic carbocycles. The van der Waals surface area contributed by atoms with E-state index in [1.807, 2.05) is 6.92 Å². The van der Waals surface area contributed by atoms with Gasteiger partial charge in [-0.15, -0.1) is 0 Å². The van der Waals surface area contributed by atoms with Crippen LogP contribution in [0.15, 0.2) is 16.9 Å². The van der Waals surface area contributed by atoms with Crippen molar-refractivity contribution in [2.75, 3.05) is 6.54 Å². The molecule has 0 bridgehead atoms. The van der Waals surface area contributed by atoms with Gasteiger partial charge in [0.05, 0.1) is 5.92 Å². The lowest BCUT2D eigenvalue weighted by molar-refractivity contribution is -0.142. The first-order valence-corrected chi connectivity index (χ1v) is 7.07. The number of nitrogens with zero attached hydrogens (tertiary/aromatic N) is 3. The Hall–Kier alpha value is -2.18. The van der Waals surface area contributed by atoms with Gasteiger partial charge in [-0.1, -0.05) is 6.92 Å². The molecular formula is C14H19N3O4. The number of carbonyl (C=O) groups excluding carboxylic acids is 1. The van der Waals surface area contributed by atoms with Crippen LogP contribution in [0.25, 0.3) is 0 Å². The van der Waals surface area contributed by atoms with Crippen molar-refractivity contribution < 1.29 is 14.7 Å². The second-order valence-electron chi connectivity index (χ2n) is 5.25. The van der Waals surface area contributed by atoms with Gasteiger partial charge in [0, 0.05) is 25.2 Å². The first-order valence-electron chi connectivity index (χ1n) is 7.07. The highest BCUT2D eigenvalue weighted by molar-refractivity contribution is 5.93. The van der Waals surface area contributed by atoms with Gasteiger partial charge >= 0.3 is 5.97 Å². The number of likely N-dealkylation sites (tertiary alicyclic amines) is 1. The number of carboxylic acid groups (broad SMARTS) is 1. The Kier molecular flexibility index (Phi) is 4.40. The number of aliphatic carboxylic acids is 1. The maximum atomic E-state index is 12.4. The van der Waals surface area contributed by atoms with E-state index in [1.54, 1.807) is 6.92 Å². The van der Waals surface area contributed by atoms with E-state index in [2.05, 4.69) is 5.10 Å². The van der Waals surface area contributed by atoms with Crippen LogP contribution in [-0.4, -0.2) is 44.3 Å². The third-order valence-corrected chi connectivity index (χ3v) is 3.85. The third kappa shape index (κ3) is 2.96. The summed E-state index contributed by atoms with van der Waals surface area (Å²) < 4.78 is 1.27. The fraction of sp³-hybridized carbons (Fsp3) is 0.571. The monoisotopic (exact) mass is 293 g/mol. The van der Waals surface area contributed by atoms with Crippen LogP contribution in [0.5, 0.6) is 0 Å². The van der Waals surface area contributed by atoms with Gasteiger partial charge in [0.25, 0.3) is 11.5 Å². The molecule has 21 heavy (non-hydrogen) atoms. The second kappa shape index (κ2) is 6.07. The average Bonchev–Trinajstić information content (AvgIpc) is 2.82. The molecule has 1 aliphatic rings. The average molecular weight is 293 g/mol. The van der Waals surface area contributed by atoms with Crippen LogP contribution >= 0.6 is 0 Å². The first-order chi connectivity index (χ1) is 9.95. The first kappa shape index (κ1) is 15.2. The minimum absolute atomic E-state index is 0.181. The molecule has 1 aromatic heterocycles. The van der Waals surface area contributed by atoms with Gasteiger partial charge < -0.3 is 10.0 Å². The Labute approximate surface area is 122 Å². The molecular weight excluding hydrogens is 274 g/mol. The molecule has 2 heterocycles. The molecule has 2 rings (SSSR count). The summed E-state index contributed by atoms with van der Waals surface area (Å²) >= 11 is 0. The number of hydrogen-bond donors (Lipinski definition) is 1. The van der Waals surface area contributed by atoms with Crippen molar-refractivity contribution in [3.8, 4) is 0 Å². The summed E-state index contributed by atoms with van der Waals surface area (Å²) in [5.74, 6) is -1.76. The Morgan fingerprint density at radius 3 is 2.71 bits per heavy atom. The molecule has 1 aliphatic heterocycles. The lowest BCUT2D eigenvalue weighted by Gasteiger charge is -2.23. The number of amides is 1. The van der Waals surface area contributed by atoms with Crippen molar-refractivity contribution in [2.24, 2.45) is 5.92 Å². The fourth-order valence-electron chi connectivity index (χ4n) is 2.64. The van der Waals surface area contributed by atoms with E-state index in [-0.39, 0.29) is 23.2 Å². The number of aryl methyl sites for hydroxylation is 1. The lowest BCUT2D eigenvalue weighted by atomic mass is 10.0. The zero-order valence-electron chi connectivity index (χ0n) is 12.2. The predicted molar refractivity (Wildman–Crippen MR) is 75.0 cm³/mol. The molecule has 0 saturated carbocycles. The van der Waals surface area contributed by atoms with Crippen molar-refractivity contribution in [3.63, 3.8) is 0 Å². The van der Waals surface area contributed by atoms with Crippen molar-refractivity contribution in [3.05, 3.63) is 28.2 Å². The van der Waals surface area contributed by atoms with E-state index in [0.717, 1.165) is 6.42 Å². The molecule has 1 fully saturated rings. The Bertz CT molecular complexity index is 610. The molecule has 7 heteroatoms. The third-order valence-electron chi connectivity index (χ3n) is 3.85. The van der Waals surface area contributed by atoms with E-state index in [9.17, 15) is 14.4 Å². The smallest absolute Gasteiger partial charge is 0.308 e. The molecule has 0 aliphatic carbocycles. The van der Waals surface area contributed by atoms with E-state index in [4.69, 9.17) is 5.11 Å². The highest BCUT2D eigenvalue weighted by Gasteiger charge is 2.38. The number of aromatic nitrogens is 2. The molecule has 114 valence electrons. The molecule has 7 nitrogen and oxygen atoms in total. The van der Waals surface area contributed by atoms with E-state index in [0.29, 0.717) is 19.5 Å². The summed E-state index contributed by atoms with van der Waals surface area (Å²) in [5, 5.41) is 13.2. The fourth-order valence-corrected chi connectivity index (χ4v) is 2.64. The normalized spacial score (nSPS) is 21.5. The second-order valence-corrected chi connectivity index (χ2v) is 5.25. The van der Waals surface area contributed by atoms with Crippen molar-refractivity contribution in [2.45, 2.75) is 39.3 Å². The van der Waals surface area contributed by atoms with E-state index >= 15 is 0 Å². The minimum atomic E-state index is -0.887. The minimum Gasteiger partial charge on any atom is -0.481 e.